The van der Waals surface area contributed by atoms with Gasteiger partial charge in [0.25, 0.3) is 0 Å². The lowest BCUT2D eigenvalue weighted by molar-refractivity contribution is 0.529. The summed E-state index contributed by atoms with van der Waals surface area (Å²) in [7, 11) is 3.88. The van der Waals surface area contributed by atoms with Crippen molar-refractivity contribution in [1.82, 2.24) is 15.3 Å². The maximum atomic E-state index is 5.28. The van der Waals surface area contributed by atoms with Gasteiger partial charge in [0, 0.05) is 43.7 Å². The molecule has 0 bridgehead atoms. The van der Waals surface area contributed by atoms with Crippen LogP contribution in [0.2, 0.25) is 0 Å². The number of furan rings is 1. The highest BCUT2D eigenvalue weighted by molar-refractivity contribution is 5.31. The Labute approximate surface area is 107 Å². The summed E-state index contributed by atoms with van der Waals surface area (Å²) in [4.78, 5) is 10.7. The number of aryl methyl sites for hydroxylation is 1. The maximum absolute atomic E-state index is 5.28. The molecular formula is C13H18N4O. The zero-order valence-electron chi connectivity index (χ0n) is 11.0. The molecule has 0 spiro atoms. The van der Waals surface area contributed by atoms with Crippen molar-refractivity contribution in [3.63, 3.8) is 0 Å². The largest absolute Gasteiger partial charge is 0.469 e. The standard InChI is InChI=1S/C13H18N4O/c1-10-12(4-5-18-10)9-17(3)13-15-7-11(6-14-2)8-16-13/h4-5,7-8,14H,6,9H2,1-3H3. The van der Waals surface area contributed by atoms with Gasteiger partial charge in [-0.1, -0.05) is 0 Å². The van der Waals surface area contributed by atoms with E-state index in [4.69, 9.17) is 4.42 Å². The highest BCUT2D eigenvalue weighted by atomic mass is 16.3. The van der Waals surface area contributed by atoms with Crippen LogP contribution in [0.25, 0.3) is 0 Å². The molecule has 0 radical (unpaired) electrons. The average molecular weight is 246 g/mol. The summed E-state index contributed by atoms with van der Waals surface area (Å²) < 4.78 is 5.28. The van der Waals surface area contributed by atoms with Crippen LogP contribution in [0.3, 0.4) is 0 Å². The Bertz CT molecular complexity index is 492. The van der Waals surface area contributed by atoms with E-state index in [-0.39, 0.29) is 0 Å². The lowest BCUT2D eigenvalue weighted by atomic mass is 10.2. The van der Waals surface area contributed by atoms with Gasteiger partial charge in [0.1, 0.15) is 5.76 Å². The van der Waals surface area contributed by atoms with Crippen LogP contribution in [-0.2, 0) is 13.1 Å². The molecule has 2 heterocycles. The number of rotatable bonds is 5. The SMILES string of the molecule is CNCc1cnc(N(C)Cc2ccoc2C)nc1. The summed E-state index contributed by atoms with van der Waals surface area (Å²) in [6.07, 6.45) is 5.39. The van der Waals surface area contributed by atoms with E-state index >= 15 is 0 Å². The van der Waals surface area contributed by atoms with Crippen LogP contribution in [0.5, 0.6) is 0 Å². The molecule has 0 aliphatic rings. The molecule has 0 saturated heterocycles. The Kier molecular flexibility index (Phi) is 3.94. The van der Waals surface area contributed by atoms with E-state index in [0.29, 0.717) is 0 Å². The van der Waals surface area contributed by atoms with E-state index in [2.05, 4.69) is 15.3 Å². The van der Waals surface area contributed by atoms with Crippen molar-refractivity contribution in [2.24, 2.45) is 0 Å². The predicted molar refractivity (Wildman–Crippen MR) is 70.3 cm³/mol. The van der Waals surface area contributed by atoms with E-state index in [1.807, 2.05) is 44.4 Å². The number of hydrogen-bond acceptors (Lipinski definition) is 5. The lowest BCUT2D eigenvalue weighted by Crippen LogP contribution is -2.19. The average Bonchev–Trinajstić information content (AvgIpc) is 2.76. The van der Waals surface area contributed by atoms with Crippen molar-refractivity contribution in [2.75, 3.05) is 19.0 Å². The number of hydrogen-bond donors (Lipinski definition) is 1. The minimum absolute atomic E-state index is 0.718. The van der Waals surface area contributed by atoms with Crippen molar-refractivity contribution in [3.8, 4) is 0 Å². The van der Waals surface area contributed by atoms with Gasteiger partial charge in [-0.25, -0.2) is 9.97 Å². The van der Waals surface area contributed by atoms with Gasteiger partial charge in [-0.3, -0.25) is 0 Å². The molecule has 0 saturated carbocycles. The second-order valence-electron chi connectivity index (χ2n) is 4.28. The molecule has 96 valence electrons. The third-order valence-electron chi connectivity index (χ3n) is 2.79. The second-order valence-corrected chi connectivity index (χ2v) is 4.28. The number of nitrogens with zero attached hydrogens (tertiary/aromatic N) is 3. The van der Waals surface area contributed by atoms with Crippen LogP contribution in [0.4, 0.5) is 5.95 Å². The Morgan fingerprint density at radius 1 is 1.33 bits per heavy atom. The quantitative estimate of drug-likeness (QED) is 0.870. The minimum Gasteiger partial charge on any atom is -0.469 e. The van der Waals surface area contributed by atoms with E-state index in [9.17, 15) is 0 Å². The van der Waals surface area contributed by atoms with Crippen LogP contribution >= 0.6 is 0 Å². The fourth-order valence-corrected chi connectivity index (χ4v) is 1.74. The van der Waals surface area contributed by atoms with Crippen LogP contribution in [0, 0.1) is 6.92 Å². The van der Waals surface area contributed by atoms with E-state index in [1.165, 1.54) is 0 Å². The monoisotopic (exact) mass is 246 g/mol. The molecule has 0 aromatic carbocycles. The molecule has 5 nitrogen and oxygen atoms in total. The first-order valence-corrected chi connectivity index (χ1v) is 5.90. The predicted octanol–water partition coefficient (Wildman–Crippen LogP) is 1.73. The zero-order valence-corrected chi connectivity index (χ0v) is 11.0. The molecule has 0 aliphatic heterocycles. The number of nitrogens with one attached hydrogen (secondary N) is 1. The van der Waals surface area contributed by atoms with Crippen LogP contribution in [-0.4, -0.2) is 24.1 Å². The van der Waals surface area contributed by atoms with Crippen LogP contribution in [0.1, 0.15) is 16.9 Å². The first kappa shape index (κ1) is 12.6. The third-order valence-corrected chi connectivity index (χ3v) is 2.79. The van der Waals surface area contributed by atoms with Gasteiger partial charge >= 0.3 is 0 Å². The molecule has 0 fully saturated rings. The van der Waals surface area contributed by atoms with E-state index in [0.717, 1.165) is 35.9 Å². The van der Waals surface area contributed by atoms with Gasteiger partial charge in [-0.05, 0) is 20.0 Å². The van der Waals surface area contributed by atoms with Crippen molar-refractivity contribution in [1.29, 1.82) is 0 Å². The zero-order chi connectivity index (χ0) is 13.0. The molecule has 0 amide bonds. The fraction of sp³-hybridized carbons (Fsp3) is 0.385. The summed E-state index contributed by atoms with van der Waals surface area (Å²) in [5.41, 5.74) is 2.23. The van der Waals surface area contributed by atoms with E-state index in [1.54, 1.807) is 6.26 Å². The summed E-state index contributed by atoms with van der Waals surface area (Å²) in [6.45, 7) is 3.48. The van der Waals surface area contributed by atoms with Crippen molar-refractivity contribution < 1.29 is 4.42 Å². The van der Waals surface area contributed by atoms with Crippen molar-refractivity contribution in [3.05, 3.63) is 41.6 Å². The summed E-state index contributed by atoms with van der Waals surface area (Å²) in [6, 6.07) is 1.97. The fourth-order valence-electron chi connectivity index (χ4n) is 1.74. The molecule has 0 atom stereocenters. The molecule has 5 heteroatoms. The molecule has 2 rings (SSSR count). The van der Waals surface area contributed by atoms with Crippen molar-refractivity contribution in [2.45, 2.75) is 20.0 Å². The third kappa shape index (κ3) is 2.87. The Morgan fingerprint density at radius 2 is 2.06 bits per heavy atom. The second kappa shape index (κ2) is 5.64. The first-order chi connectivity index (χ1) is 8.70. The van der Waals surface area contributed by atoms with E-state index < -0.39 is 0 Å². The highest BCUT2D eigenvalue weighted by Crippen LogP contribution is 2.14. The van der Waals surface area contributed by atoms with Gasteiger partial charge in [0.05, 0.1) is 6.26 Å². The molecular weight excluding hydrogens is 228 g/mol. The van der Waals surface area contributed by atoms with Crippen molar-refractivity contribution >= 4 is 5.95 Å². The topological polar surface area (TPSA) is 54.2 Å². The lowest BCUT2D eigenvalue weighted by Gasteiger charge is -2.16. The summed E-state index contributed by atoms with van der Waals surface area (Å²) >= 11 is 0. The molecule has 1 N–H and O–H groups in total. The normalized spacial score (nSPS) is 10.6. The maximum Gasteiger partial charge on any atom is 0.225 e. The Balaban J connectivity index is 2.04. The Morgan fingerprint density at radius 3 is 2.61 bits per heavy atom. The Hall–Kier alpha value is -1.88. The van der Waals surface area contributed by atoms with Gasteiger partial charge < -0.3 is 14.6 Å². The molecule has 0 unspecified atom stereocenters. The summed E-state index contributed by atoms with van der Waals surface area (Å²) in [5.74, 6) is 1.66. The van der Waals surface area contributed by atoms with Crippen LogP contribution < -0.4 is 10.2 Å². The van der Waals surface area contributed by atoms with Gasteiger partial charge in [0.2, 0.25) is 5.95 Å². The van der Waals surface area contributed by atoms with Crippen LogP contribution in [0.15, 0.2) is 29.1 Å². The first-order valence-electron chi connectivity index (χ1n) is 5.90. The molecule has 18 heavy (non-hydrogen) atoms. The molecule has 2 aromatic rings. The molecule has 0 aliphatic carbocycles. The number of aromatic nitrogens is 2. The smallest absolute Gasteiger partial charge is 0.225 e. The van der Waals surface area contributed by atoms with Gasteiger partial charge in [-0.2, -0.15) is 0 Å². The number of anilines is 1. The highest BCUT2D eigenvalue weighted by Gasteiger charge is 2.08. The minimum atomic E-state index is 0.718. The van der Waals surface area contributed by atoms with Gasteiger partial charge in [-0.15, -0.1) is 0 Å². The van der Waals surface area contributed by atoms with Gasteiger partial charge in [0.15, 0.2) is 0 Å². The molecule has 2 aromatic heterocycles. The summed E-state index contributed by atoms with van der Waals surface area (Å²) in [5, 5.41) is 3.07.